The van der Waals surface area contributed by atoms with Crippen LogP contribution in [0.15, 0.2) is 53.6 Å². The van der Waals surface area contributed by atoms with Gasteiger partial charge in [-0.1, -0.05) is 42.8 Å². The van der Waals surface area contributed by atoms with Gasteiger partial charge in [0, 0.05) is 12.1 Å². The van der Waals surface area contributed by atoms with E-state index in [0.717, 1.165) is 11.4 Å². The molecule has 3 nitrogen and oxygen atoms in total. The average Bonchev–Trinajstić information content (AvgIpc) is 2.89. The Morgan fingerprint density at radius 3 is 2.48 bits per heavy atom. The van der Waals surface area contributed by atoms with Gasteiger partial charge in [-0.05, 0) is 29.8 Å². The van der Waals surface area contributed by atoms with Gasteiger partial charge in [0.1, 0.15) is 5.75 Å². The number of methoxy groups -OCH3 is 1. The van der Waals surface area contributed by atoms with Crippen molar-refractivity contribution in [1.82, 2.24) is 0 Å². The van der Waals surface area contributed by atoms with Gasteiger partial charge in [0.2, 0.25) is 0 Å². The van der Waals surface area contributed by atoms with Gasteiger partial charge in [-0.25, -0.2) is 0 Å². The molecule has 2 aromatic carbocycles. The zero-order chi connectivity index (χ0) is 14.8. The highest BCUT2D eigenvalue weighted by Gasteiger charge is 2.31. The molecule has 1 aliphatic heterocycles. The highest BCUT2D eigenvalue weighted by molar-refractivity contribution is 6.33. The number of rotatable bonds is 3. The maximum Gasteiger partial charge on any atom is 0.118 e. The monoisotopic (exact) mass is 300 g/mol. The zero-order valence-corrected chi connectivity index (χ0v) is 12.8. The molecule has 0 saturated carbocycles. The second kappa shape index (κ2) is 5.78. The average molecular weight is 301 g/mol. The van der Waals surface area contributed by atoms with Crippen molar-refractivity contribution in [3.05, 3.63) is 59.1 Å². The Morgan fingerprint density at radius 2 is 1.81 bits per heavy atom. The third-order valence-corrected chi connectivity index (χ3v) is 4.06. The van der Waals surface area contributed by atoms with Crippen LogP contribution in [0.2, 0.25) is 5.02 Å². The normalized spacial score (nSPS) is 20.8. The molecule has 0 amide bonds. The Hall–Kier alpha value is -2.00. The number of hydrazone groups is 1. The molecule has 1 aliphatic rings. The van der Waals surface area contributed by atoms with E-state index < -0.39 is 0 Å². The minimum Gasteiger partial charge on any atom is -0.497 e. The molecule has 108 valence electrons. The van der Waals surface area contributed by atoms with Crippen LogP contribution in [0.4, 0.5) is 5.69 Å². The van der Waals surface area contributed by atoms with Crippen molar-refractivity contribution in [3.63, 3.8) is 0 Å². The third kappa shape index (κ3) is 2.61. The number of benzene rings is 2. The summed E-state index contributed by atoms with van der Waals surface area (Å²) >= 11 is 6.32. The summed E-state index contributed by atoms with van der Waals surface area (Å²) in [5.41, 5.74) is 2.13. The number of anilines is 1. The van der Waals surface area contributed by atoms with Crippen LogP contribution in [-0.2, 0) is 0 Å². The fourth-order valence-electron chi connectivity index (χ4n) is 2.65. The van der Waals surface area contributed by atoms with Crippen LogP contribution in [0.3, 0.4) is 0 Å². The number of ether oxygens (including phenoxy) is 1. The first-order valence-electron chi connectivity index (χ1n) is 6.92. The first kappa shape index (κ1) is 14.0. The Kier molecular flexibility index (Phi) is 3.84. The summed E-state index contributed by atoms with van der Waals surface area (Å²) in [5, 5.41) is 7.25. The third-order valence-electron chi connectivity index (χ3n) is 3.74. The first-order valence-corrected chi connectivity index (χ1v) is 7.30. The standard InChI is InChI=1S/C17H17ClN2O/c1-12-11-19-20(16-6-4-3-5-15(16)18)17(12)13-7-9-14(21-2)10-8-13/h3-12,17H,1-2H3/t12-,17+/m1/s1. The van der Waals surface area contributed by atoms with Crippen LogP contribution >= 0.6 is 11.6 Å². The van der Waals surface area contributed by atoms with E-state index in [-0.39, 0.29) is 6.04 Å². The molecular formula is C17H17ClN2O. The van der Waals surface area contributed by atoms with E-state index in [2.05, 4.69) is 24.2 Å². The minimum atomic E-state index is 0.149. The van der Waals surface area contributed by atoms with E-state index in [1.807, 2.05) is 47.6 Å². The molecule has 0 fully saturated rings. The number of halogens is 1. The van der Waals surface area contributed by atoms with E-state index >= 15 is 0 Å². The maximum atomic E-state index is 6.32. The van der Waals surface area contributed by atoms with Gasteiger partial charge in [0.25, 0.3) is 0 Å². The van der Waals surface area contributed by atoms with Crippen molar-refractivity contribution < 1.29 is 4.74 Å². The second-order valence-electron chi connectivity index (χ2n) is 5.14. The van der Waals surface area contributed by atoms with Gasteiger partial charge in [0.15, 0.2) is 0 Å². The number of para-hydroxylation sites is 1. The molecule has 0 unspecified atom stereocenters. The van der Waals surface area contributed by atoms with Gasteiger partial charge >= 0.3 is 0 Å². The highest BCUT2D eigenvalue weighted by atomic mass is 35.5. The summed E-state index contributed by atoms with van der Waals surface area (Å²) in [4.78, 5) is 0. The van der Waals surface area contributed by atoms with Gasteiger partial charge < -0.3 is 4.74 Å². The van der Waals surface area contributed by atoms with Crippen LogP contribution in [0.1, 0.15) is 18.5 Å². The highest BCUT2D eigenvalue weighted by Crippen LogP contribution is 2.39. The van der Waals surface area contributed by atoms with Crippen LogP contribution in [0.5, 0.6) is 5.75 Å². The lowest BCUT2D eigenvalue weighted by Crippen LogP contribution is -2.23. The van der Waals surface area contributed by atoms with E-state index in [1.54, 1.807) is 7.11 Å². The largest absolute Gasteiger partial charge is 0.497 e. The van der Waals surface area contributed by atoms with Crippen LogP contribution in [-0.4, -0.2) is 13.3 Å². The molecule has 2 atom stereocenters. The molecule has 2 aromatic rings. The molecule has 0 spiro atoms. The molecule has 21 heavy (non-hydrogen) atoms. The molecule has 0 radical (unpaired) electrons. The molecule has 0 aromatic heterocycles. The summed E-state index contributed by atoms with van der Waals surface area (Å²) in [6.45, 7) is 2.16. The Balaban J connectivity index is 1.97. The fraction of sp³-hybridized carbons (Fsp3) is 0.235. The second-order valence-corrected chi connectivity index (χ2v) is 5.54. The van der Waals surface area contributed by atoms with Crippen LogP contribution < -0.4 is 9.75 Å². The van der Waals surface area contributed by atoms with Crippen LogP contribution in [0, 0.1) is 5.92 Å². The summed E-state index contributed by atoms with van der Waals surface area (Å²) in [6, 6.07) is 16.1. The number of nitrogens with zero attached hydrogens (tertiary/aromatic N) is 2. The maximum absolute atomic E-state index is 6.32. The first-order chi connectivity index (χ1) is 10.2. The summed E-state index contributed by atoms with van der Waals surface area (Å²) in [5.74, 6) is 1.17. The zero-order valence-electron chi connectivity index (χ0n) is 12.0. The van der Waals surface area contributed by atoms with Gasteiger partial charge in [0.05, 0.1) is 23.9 Å². The Labute approximate surface area is 129 Å². The Morgan fingerprint density at radius 1 is 1.10 bits per heavy atom. The van der Waals surface area contributed by atoms with Crippen LogP contribution in [0.25, 0.3) is 0 Å². The van der Waals surface area contributed by atoms with E-state index in [1.165, 1.54) is 5.56 Å². The van der Waals surface area contributed by atoms with Crippen molar-refractivity contribution in [2.75, 3.05) is 12.1 Å². The molecular weight excluding hydrogens is 284 g/mol. The smallest absolute Gasteiger partial charge is 0.118 e. The predicted octanol–water partition coefficient (Wildman–Crippen LogP) is 4.53. The van der Waals surface area contributed by atoms with E-state index in [0.29, 0.717) is 10.9 Å². The van der Waals surface area contributed by atoms with Crippen molar-refractivity contribution in [2.24, 2.45) is 11.0 Å². The summed E-state index contributed by atoms with van der Waals surface area (Å²) in [6.07, 6.45) is 1.97. The number of hydrogen-bond acceptors (Lipinski definition) is 3. The molecule has 0 N–H and O–H groups in total. The SMILES string of the molecule is COc1ccc([C@@H]2[C@H](C)C=NN2c2ccccc2Cl)cc1. The molecule has 0 aliphatic carbocycles. The van der Waals surface area contributed by atoms with Crippen molar-refractivity contribution >= 4 is 23.5 Å². The summed E-state index contributed by atoms with van der Waals surface area (Å²) < 4.78 is 5.22. The predicted molar refractivity (Wildman–Crippen MR) is 87.3 cm³/mol. The fourth-order valence-corrected chi connectivity index (χ4v) is 2.87. The lowest BCUT2D eigenvalue weighted by molar-refractivity contribution is 0.414. The Bertz CT molecular complexity index is 654. The molecule has 0 saturated heterocycles. The molecule has 3 rings (SSSR count). The lowest BCUT2D eigenvalue weighted by Gasteiger charge is -2.27. The lowest BCUT2D eigenvalue weighted by atomic mass is 9.95. The minimum absolute atomic E-state index is 0.149. The molecule has 4 heteroatoms. The van der Waals surface area contributed by atoms with Crippen molar-refractivity contribution in [2.45, 2.75) is 13.0 Å². The van der Waals surface area contributed by atoms with Crippen molar-refractivity contribution in [1.29, 1.82) is 0 Å². The van der Waals surface area contributed by atoms with E-state index in [4.69, 9.17) is 16.3 Å². The molecule has 1 heterocycles. The quantitative estimate of drug-likeness (QED) is 0.832. The summed E-state index contributed by atoms with van der Waals surface area (Å²) in [7, 11) is 1.67. The van der Waals surface area contributed by atoms with Crippen molar-refractivity contribution in [3.8, 4) is 5.75 Å². The number of hydrogen-bond donors (Lipinski definition) is 0. The topological polar surface area (TPSA) is 24.8 Å². The van der Waals surface area contributed by atoms with Gasteiger partial charge in [-0.3, -0.25) is 5.01 Å². The molecule has 0 bridgehead atoms. The van der Waals surface area contributed by atoms with Gasteiger partial charge in [-0.15, -0.1) is 0 Å². The van der Waals surface area contributed by atoms with E-state index in [9.17, 15) is 0 Å². The van der Waals surface area contributed by atoms with Gasteiger partial charge in [-0.2, -0.15) is 5.10 Å².